The molecular formula is C27H20AlN3O3. The zero-order valence-electron chi connectivity index (χ0n) is 18.2. The van der Waals surface area contributed by atoms with Crippen LogP contribution in [-0.4, -0.2) is 35.9 Å². The van der Waals surface area contributed by atoms with Crippen LogP contribution in [0.15, 0.2) is 110 Å². The minimum Gasteiger partial charge on any atom is -0.613 e. The zero-order chi connectivity index (χ0) is 23.2. The van der Waals surface area contributed by atoms with Crippen LogP contribution in [0.4, 0.5) is 0 Å². The predicted molar refractivity (Wildman–Crippen MR) is 135 cm³/mol. The highest BCUT2D eigenvalue weighted by Crippen LogP contribution is 2.25. The van der Waals surface area contributed by atoms with Crippen molar-refractivity contribution in [3.05, 3.63) is 110 Å². The van der Waals surface area contributed by atoms with Crippen LogP contribution >= 0.6 is 0 Å². The molecule has 0 unspecified atom stereocenters. The molecule has 7 heteroatoms. The zero-order valence-corrected chi connectivity index (χ0v) is 19.6. The maximum absolute atomic E-state index is 9.31. The van der Waals surface area contributed by atoms with Gasteiger partial charge in [-0.25, -0.2) is 0 Å². The van der Waals surface area contributed by atoms with Gasteiger partial charge in [0.15, 0.2) is 0 Å². The van der Waals surface area contributed by atoms with Gasteiger partial charge < -0.3 is 12.7 Å². The highest BCUT2D eigenvalue weighted by molar-refractivity contribution is 6.21. The van der Waals surface area contributed by atoms with Gasteiger partial charge in [0.1, 0.15) is 33.8 Å². The van der Waals surface area contributed by atoms with Crippen LogP contribution in [0.3, 0.4) is 0 Å². The van der Waals surface area contributed by atoms with Crippen LogP contribution in [0.1, 0.15) is 0 Å². The monoisotopic (exact) mass is 461 g/mol. The molecule has 0 saturated heterocycles. The lowest BCUT2D eigenvalue weighted by atomic mass is 10.2. The molecule has 3 heterocycles. The summed E-state index contributed by atoms with van der Waals surface area (Å²) in [6, 6.07) is 28.8. The second-order valence-corrected chi connectivity index (χ2v) is 8.23. The maximum atomic E-state index is 9.31. The maximum Gasteiger partial charge on any atom is 0.832 e. The molecule has 164 valence electrons. The first kappa shape index (κ1) is 21.7. The van der Waals surface area contributed by atoms with Crippen molar-refractivity contribution in [3.63, 3.8) is 0 Å². The summed E-state index contributed by atoms with van der Waals surface area (Å²) in [5, 5.41) is 12.4. The van der Waals surface area contributed by atoms with E-state index in [4.69, 9.17) is 7.58 Å². The number of para-hydroxylation sites is 3. The lowest BCUT2D eigenvalue weighted by molar-refractivity contribution is 0.463. The summed E-state index contributed by atoms with van der Waals surface area (Å²) in [6.07, 6.45) is 5.21. The molecule has 0 atom stereocenters. The second-order valence-electron chi connectivity index (χ2n) is 7.42. The third kappa shape index (κ3) is 4.76. The van der Waals surface area contributed by atoms with E-state index in [1.165, 1.54) is 0 Å². The van der Waals surface area contributed by atoms with Gasteiger partial charge in [-0.15, -0.1) is 0 Å². The van der Waals surface area contributed by atoms with Gasteiger partial charge in [-0.1, -0.05) is 54.6 Å². The number of benzene rings is 3. The number of aromatic nitrogens is 3. The molecule has 1 N–H and O–H groups in total. The first-order valence-electron chi connectivity index (χ1n) is 10.8. The number of rotatable bonds is 4. The van der Waals surface area contributed by atoms with Crippen molar-refractivity contribution in [3.8, 4) is 17.2 Å². The Morgan fingerprint density at radius 3 is 1.41 bits per heavy atom. The number of pyridine rings is 3. The van der Waals surface area contributed by atoms with Gasteiger partial charge >= 0.3 is 15.9 Å². The number of aromatic hydroxyl groups is 1. The van der Waals surface area contributed by atoms with E-state index in [-0.39, 0.29) is 5.75 Å². The molecule has 0 radical (unpaired) electrons. The molecule has 34 heavy (non-hydrogen) atoms. The molecular weight excluding hydrogens is 441 g/mol. The normalized spacial score (nSPS) is 10.5. The Labute approximate surface area is 202 Å². The standard InChI is InChI=1S/3C9H7NO.Al.H/c3*11-8-5-1-3-7-4-2-6-10-9(7)8;;/h3*1-6,11H;;/q;;;+2;/p-2. The van der Waals surface area contributed by atoms with E-state index >= 15 is 0 Å². The minimum absolute atomic E-state index is 0.239. The number of phenolic OH excluding ortho intramolecular Hbond substituents is 1. The Morgan fingerprint density at radius 2 is 0.912 bits per heavy atom. The summed E-state index contributed by atoms with van der Waals surface area (Å²) in [7, 11) is 0. The summed E-state index contributed by atoms with van der Waals surface area (Å²) < 4.78 is 11.8. The van der Waals surface area contributed by atoms with Crippen molar-refractivity contribution in [2.75, 3.05) is 0 Å². The lowest BCUT2D eigenvalue weighted by Crippen LogP contribution is -2.11. The Hall–Kier alpha value is -4.18. The van der Waals surface area contributed by atoms with E-state index < -0.39 is 15.9 Å². The number of fused-ring (bicyclic) bond motifs is 3. The molecule has 6 nitrogen and oxygen atoms in total. The highest BCUT2D eigenvalue weighted by atomic mass is 27.2. The first-order chi connectivity index (χ1) is 16.8. The van der Waals surface area contributed by atoms with Crippen molar-refractivity contribution in [1.82, 2.24) is 15.0 Å². The highest BCUT2D eigenvalue weighted by Gasteiger charge is 2.10. The van der Waals surface area contributed by atoms with Gasteiger partial charge in [-0.05, 0) is 36.4 Å². The fourth-order valence-corrected chi connectivity index (χ4v) is 4.41. The van der Waals surface area contributed by atoms with Crippen LogP contribution in [0.25, 0.3) is 32.7 Å². The number of nitrogens with zero attached hydrogens (tertiary/aromatic N) is 3. The molecule has 6 rings (SSSR count). The molecule has 0 aliphatic rings. The van der Waals surface area contributed by atoms with E-state index in [0.717, 1.165) is 38.7 Å². The Morgan fingerprint density at radius 1 is 0.500 bits per heavy atom. The first-order valence-corrected chi connectivity index (χ1v) is 11.9. The van der Waals surface area contributed by atoms with E-state index in [1.807, 2.05) is 78.9 Å². The van der Waals surface area contributed by atoms with Crippen LogP contribution in [0, 0.1) is 0 Å². The van der Waals surface area contributed by atoms with Gasteiger partial charge in [0, 0.05) is 34.7 Å². The van der Waals surface area contributed by atoms with Gasteiger partial charge in [0.2, 0.25) is 0 Å². The Balaban J connectivity index is 0.000000183. The topological polar surface area (TPSA) is 77.4 Å². The Bertz CT molecular complexity index is 1480. The van der Waals surface area contributed by atoms with Gasteiger partial charge in [-0.3, -0.25) is 15.0 Å². The smallest absolute Gasteiger partial charge is 0.613 e. The number of hydrogen-bond acceptors (Lipinski definition) is 6. The third-order valence-electron chi connectivity index (χ3n) is 5.23. The van der Waals surface area contributed by atoms with Crippen LogP contribution in [0.5, 0.6) is 17.2 Å². The fraction of sp³-hybridized carbons (Fsp3) is 0. The van der Waals surface area contributed by atoms with E-state index in [1.54, 1.807) is 30.7 Å². The van der Waals surface area contributed by atoms with Crippen LogP contribution in [-0.2, 0) is 0 Å². The fourth-order valence-electron chi connectivity index (χ4n) is 3.63. The summed E-state index contributed by atoms with van der Waals surface area (Å²) in [4.78, 5) is 12.8. The van der Waals surface area contributed by atoms with Crippen molar-refractivity contribution < 1.29 is 12.7 Å². The van der Waals surface area contributed by atoms with Crippen LogP contribution in [0.2, 0.25) is 0 Å². The van der Waals surface area contributed by atoms with Crippen LogP contribution < -0.4 is 7.58 Å². The number of hydrogen-bond donors (Lipinski definition) is 1. The third-order valence-corrected chi connectivity index (χ3v) is 6.09. The van der Waals surface area contributed by atoms with E-state index in [9.17, 15) is 5.11 Å². The summed E-state index contributed by atoms with van der Waals surface area (Å²) in [5.74, 6) is 1.77. The van der Waals surface area contributed by atoms with E-state index in [2.05, 4.69) is 15.0 Å². The van der Waals surface area contributed by atoms with Gasteiger partial charge in [-0.2, -0.15) is 0 Å². The largest absolute Gasteiger partial charge is 0.832 e. The molecule has 0 saturated carbocycles. The average molecular weight is 461 g/mol. The molecule has 3 aromatic heterocycles. The van der Waals surface area contributed by atoms with Crippen molar-refractivity contribution >= 4 is 48.6 Å². The van der Waals surface area contributed by atoms with Crippen molar-refractivity contribution in [1.29, 1.82) is 0 Å². The molecule has 0 aliphatic carbocycles. The Kier molecular flexibility index (Phi) is 6.48. The summed E-state index contributed by atoms with van der Waals surface area (Å²) >= 11 is -1.24. The number of phenols is 1. The minimum atomic E-state index is -1.24. The second kappa shape index (κ2) is 10.2. The molecule has 0 amide bonds. The lowest BCUT2D eigenvalue weighted by Gasteiger charge is -2.11. The van der Waals surface area contributed by atoms with Crippen molar-refractivity contribution in [2.45, 2.75) is 0 Å². The predicted octanol–water partition coefficient (Wildman–Crippen LogP) is 5.45. The van der Waals surface area contributed by atoms with Gasteiger partial charge in [0.25, 0.3) is 0 Å². The molecule has 6 aromatic rings. The summed E-state index contributed by atoms with van der Waals surface area (Å²) in [5.41, 5.74) is 2.39. The molecule has 0 fully saturated rings. The average Bonchev–Trinajstić information content (AvgIpc) is 2.90. The molecule has 0 spiro atoms. The molecule has 3 aromatic carbocycles. The SMILES string of the molecule is Oc1cccc2cccnc12.c1cnc2c([O][AlH][O]c3cccc4cccnc34)cccc2c1. The summed E-state index contributed by atoms with van der Waals surface area (Å²) in [6.45, 7) is 0. The van der Waals surface area contributed by atoms with Crippen molar-refractivity contribution in [2.24, 2.45) is 0 Å². The quantitative estimate of drug-likeness (QED) is 0.352. The van der Waals surface area contributed by atoms with Gasteiger partial charge in [0.05, 0.1) is 0 Å². The molecule has 0 bridgehead atoms. The molecule has 0 aliphatic heterocycles. The van der Waals surface area contributed by atoms with E-state index in [0.29, 0.717) is 5.52 Å².